The Labute approximate surface area is 130 Å². The first-order valence-corrected chi connectivity index (χ1v) is 7.81. The van der Waals surface area contributed by atoms with Crippen molar-refractivity contribution in [2.24, 2.45) is 7.05 Å². The number of aliphatic hydroxyl groups excluding tert-OH is 1. The summed E-state index contributed by atoms with van der Waals surface area (Å²) in [6.07, 6.45) is 3.34. The van der Waals surface area contributed by atoms with Crippen molar-refractivity contribution in [3.05, 3.63) is 35.8 Å². The molecule has 0 radical (unpaired) electrons. The maximum atomic E-state index is 10.3. The molecular formula is C17H22N4O. The van der Waals surface area contributed by atoms with Gasteiger partial charge in [-0.1, -0.05) is 31.9 Å². The lowest BCUT2D eigenvalue weighted by molar-refractivity contribution is 0.345. The molecule has 0 saturated heterocycles. The predicted molar refractivity (Wildman–Crippen MR) is 89.1 cm³/mol. The summed E-state index contributed by atoms with van der Waals surface area (Å²) in [7, 11) is 1.93. The zero-order chi connectivity index (χ0) is 15.7. The van der Waals surface area contributed by atoms with Gasteiger partial charge in [0, 0.05) is 13.6 Å². The highest BCUT2D eigenvalue weighted by atomic mass is 16.3. The third kappa shape index (κ3) is 2.36. The molecule has 0 aliphatic carbocycles. The Hall–Kier alpha value is -2.30. The average molecular weight is 298 g/mol. The minimum atomic E-state index is 0.250. The molecule has 1 aromatic carbocycles. The smallest absolute Gasteiger partial charge is 0.148 e. The minimum Gasteiger partial charge on any atom is -0.510 e. The van der Waals surface area contributed by atoms with Crippen LogP contribution >= 0.6 is 0 Å². The van der Waals surface area contributed by atoms with E-state index in [0.29, 0.717) is 23.8 Å². The summed E-state index contributed by atoms with van der Waals surface area (Å²) >= 11 is 0. The van der Waals surface area contributed by atoms with Crippen LogP contribution in [0.1, 0.15) is 32.0 Å². The van der Waals surface area contributed by atoms with Crippen molar-refractivity contribution in [2.45, 2.75) is 26.2 Å². The molecule has 5 nitrogen and oxygen atoms in total. The van der Waals surface area contributed by atoms with Gasteiger partial charge in [0.25, 0.3) is 0 Å². The summed E-state index contributed by atoms with van der Waals surface area (Å²) < 4.78 is 1.95. The standard InChI is InChI=1S/C17H22N4O/c1-3-4-7-10-21-11-14(22)15(16(21)18)17-19-12-8-5-6-9-13(12)20(17)2/h5-6,8-9,18,22H,3-4,7,10-11H2,1-2H3. The number of benzene rings is 1. The van der Waals surface area contributed by atoms with Gasteiger partial charge in [0.05, 0.1) is 23.2 Å². The third-order valence-corrected chi connectivity index (χ3v) is 4.22. The molecule has 5 heteroatoms. The van der Waals surface area contributed by atoms with Crippen LogP contribution in [0.25, 0.3) is 16.6 Å². The second kappa shape index (κ2) is 5.83. The van der Waals surface area contributed by atoms with Crippen molar-refractivity contribution >= 4 is 22.4 Å². The van der Waals surface area contributed by atoms with E-state index in [2.05, 4.69) is 11.9 Å². The zero-order valence-corrected chi connectivity index (χ0v) is 13.1. The molecule has 0 amide bonds. The molecule has 1 aliphatic heterocycles. The van der Waals surface area contributed by atoms with Gasteiger partial charge in [-0.25, -0.2) is 4.98 Å². The maximum absolute atomic E-state index is 10.3. The van der Waals surface area contributed by atoms with Gasteiger partial charge >= 0.3 is 0 Å². The van der Waals surface area contributed by atoms with E-state index in [1.54, 1.807) is 0 Å². The monoisotopic (exact) mass is 298 g/mol. The lowest BCUT2D eigenvalue weighted by Gasteiger charge is -2.18. The first-order valence-electron chi connectivity index (χ1n) is 7.81. The van der Waals surface area contributed by atoms with E-state index in [-0.39, 0.29) is 5.76 Å². The molecule has 1 aromatic heterocycles. The summed E-state index contributed by atoms with van der Waals surface area (Å²) in [5, 5.41) is 18.7. The second-order valence-electron chi connectivity index (χ2n) is 5.78. The van der Waals surface area contributed by atoms with Gasteiger partial charge in [-0.15, -0.1) is 0 Å². The number of para-hydroxylation sites is 2. The summed E-state index contributed by atoms with van der Waals surface area (Å²) in [6, 6.07) is 7.87. The molecule has 3 rings (SSSR count). The topological polar surface area (TPSA) is 65.1 Å². The van der Waals surface area contributed by atoms with Crippen molar-refractivity contribution in [2.75, 3.05) is 13.1 Å². The summed E-state index contributed by atoms with van der Waals surface area (Å²) in [5.41, 5.74) is 2.46. The van der Waals surface area contributed by atoms with Crippen LogP contribution in [-0.2, 0) is 7.05 Å². The highest BCUT2D eigenvalue weighted by Gasteiger charge is 2.30. The first kappa shape index (κ1) is 14.6. The van der Waals surface area contributed by atoms with Gasteiger partial charge in [0.1, 0.15) is 17.4 Å². The van der Waals surface area contributed by atoms with Crippen LogP contribution in [0.4, 0.5) is 0 Å². The number of aliphatic hydroxyl groups is 1. The van der Waals surface area contributed by atoms with Crippen molar-refractivity contribution in [3.8, 4) is 0 Å². The predicted octanol–water partition coefficient (Wildman–Crippen LogP) is 3.33. The number of hydrogen-bond donors (Lipinski definition) is 2. The van der Waals surface area contributed by atoms with E-state index in [9.17, 15) is 5.11 Å². The van der Waals surface area contributed by atoms with Crippen molar-refractivity contribution in [1.29, 1.82) is 5.41 Å². The van der Waals surface area contributed by atoms with Crippen molar-refractivity contribution in [1.82, 2.24) is 14.5 Å². The van der Waals surface area contributed by atoms with Crippen molar-refractivity contribution < 1.29 is 5.11 Å². The van der Waals surface area contributed by atoms with E-state index in [0.717, 1.165) is 36.8 Å². The summed E-state index contributed by atoms with van der Waals surface area (Å²) in [5.74, 6) is 1.30. The van der Waals surface area contributed by atoms with Gasteiger partial charge in [-0.05, 0) is 18.6 Å². The van der Waals surface area contributed by atoms with E-state index in [4.69, 9.17) is 5.41 Å². The Kier molecular flexibility index (Phi) is 3.88. The molecule has 0 bridgehead atoms. The summed E-state index contributed by atoms with van der Waals surface area (Å²) in [6.45, 7) is 3.39. The van der Waals surface area contributed by atoms with Gasteiger partial charge in [0.15, 0.2) is 0 Å². The number of fused-ring (bicyclic) bond motifs is 1. The molecule has 1 aliphatic rings. The quantitative estimate of drug-likeness (QED) is 0.832. The van der Waals surface area contributed by atoms with E-state index in [1.165, 1.54) is 0 Å². The molecule has 0 atom stereocenters. The number of nitrogens with zero attached hydrogens (tertiary/aromatic N) is 3. The van der Waals surface area contributed by atoms with Crippen LogP contribution in [-0.4, -0.2) is 38.5 Å². The molecule has 0 unspecified atom stereocenters. The number of nitrogens with one attached hydrogen (secondary N) is 1. The van der Waals surface area contributed by atoms with Crippen LogP contribution in [0.5, 0.6) is 0 Å². The van der Waals surface area contributed by atoms with Crippen LogP contribution < -0.4 is 0 Å². The zero-order valence-electron chi connectivity index (χ0n) is 13.1. The SMILES string of the molecule is CCCCCN1CC(O)=C(c2nc3ccccc3n2C)C1=N. The van der Waals surface area contributed by atoms with Crippen LogP contribution in [0.15, 0.2) is 30.0 Å². The summed E-state index contributed by atoms with van der Waals surface area (Å²) in [4.78, 5) is 6.53. The third-order valence-electron chi connectivity index (χ3n) is 4.22. The Balaban J connectivity index is 1.91. The normalized spacial score (nSPS) is 15.4. The van der Waals surface area contributed by atoms with Crippen molar-refractivity contribution in [3.63, 3.8) is 0 Å². The van der Waals surface area contributed by atoms with E-state index >= 15 is 0 Å². The molecule has 0 fully saturated rings. The molecule has 0 spiro atoms. The second-order valence-corrected chi connectivity index (χ2v) is 5.78. The number of aryl methyl sites for hydroxylation is 1. The largest absolute Gasteiger partial charge is 0.510 e. The molecule has 2 heterocycles. The molecule has 116 valence electrons. The number of imidazole rings is 1. The number of aromatic nitrogens is 2. The van der Waals surface area contributed by atoms with Gasteiger partial charge in [-0.3, -0.25) is 5.41 Å². The number of hydrogen-bond acceptors (Lipinski definition) is 3. The molecular weight excluding hydrogens is 276 g/mol. The fourth-order valence-electron chi connectivity index (χ4n) is 2.98. The fraction of sp³-hybridized carbons (Fsp3) is 0.412. The number of rotatable bonds is 5. The molecule has 22 heavy (non-hydrogen) atoms. The lowest BCUT2D eigenvalue weighted by atomic mass is 10.2. The highest BCUT2D eigenvalue weighted by Crippen LogP contribution is 2.28. The van der Waals surface area contributed by atoms with Gasteiger partial charge in [-0.2, -0.15) is 0 Å². The first-order chi connectivity index (χ1) is 10.6. The van der Waals surface area contributed by atoms with Gasteiger partial charge in [0.2, 0.25) is 0 Å². The Morgan fingerprint density at radius 3 is 2.77 bits per heavy atom. The Morgan fingerprint density at radius 2 is 2.05 bits per heavy atom. The van der Waals surface area contributed by atoms with Gasteiger partial charge < -0.3 is 14.6 Å². The number of unbranched alkanes of at least 4 members (excludes halogenated alkanes) is 2. The highest BCUT2D eigenvalue weighted by molar-refractivity contribution is 6.23. The minimum absolute atomic E-state index is 0.250. The van der Waals surface area contributed by atoms with Crippen LogP contribution in [0.3, 0.4) is 0 Å². The molecule has 2 N–H and O–H groups in total. The Bertz CT molecular complexity index is 744. The van der Waals surface area contributed by atoms with E-state index in [1.807, 2.05) is 40.8 Å². The number of amidine groups is 1. The fourth-order valence-corrected chi connectivity index (χ4v) is 2.98. The van der Waals surface area contributed by atoms with Crippen LogP contribution in [0, 0.1) is 5.41 Å². The van der Waals surface area contributed by atoms with E-state index < -0.39 is 0 Å². The molecule has 0 saturated carbocycles. The Morgan fingerprint density at radius 1 is 1.27 bits per heavy atom. The molecule has 2 aromatic rings. The average Bonchev–Trinajstić information content (AvgIpc) is 2.98. The lowest BCUT2D eigenvalue weighted by Crippen LogP contribution is -2.28. The maximum Gasteiger partial charge on any atom is 0.148 e. The van der Waals surface area contributed by atoms with Crippen LogP contribution in [0.2, 0.25) is 0 Å².